The van der Waals surface area contributed by atoms with Gasteiger partial charge in [-0.05, 0) is 23.3 Å². The average molecular weight is 321 g/mol. The van der Waals surface area contributed by atoms with Crippen molar-refractivity contribution in [3.8, 4) is 5.75 Å². The molecule has 0 radical (unpaired) electrons. The van der Waals surface area contributed by atoms with Gasteiger partial charge in [-0.25, -0.2) is 0 Å². The lowest BCUT2D eigenvalue weighted by molar-refractivity contribution is -0.115. The second-order valence-corrected chi connectivity index (χ2v) is 5.49. The number of anilines is 1. The van der Waals surface area contributed by atoms with Gasteiger partial charge in [-0.3, -0.25) is 9.48 Å². The highest BCUT2D eigenvalue weighted by Crippen LogP contribution is 2.14. The SMILES string of the molecule is COc1cccc(Cn2cc(NC(=O)Cc3ccccc3)cn2)c1. The summed E-state index contributed by atoms with van der Waals surface area (Å²) in [5.74, 6) is 0.762. The molecule has 3 rings (SSSR count). The Balaban J connectivity index is 1.60. The van der Waals surface area contributed by atoms with Crippen molar-refractivity contribution in [3.05, 3.63) is 78.1 Å². The molecule has 0 aliphatic heterocycles. The molecule has 24 heavy (non-hydrogen) atoms. The standard InChI is InChI=1S/C19H19N3O2/c1-24-18-9-5-8-16(10-18)13-22-14-17(12-20-22)21-19(23)11-15-6-3-2-4-7-15/h2-10,12,14H,11,13H2,1H3,(H,21,23). The number of benzene rings is 2. The summed E-state index contributed by atoms with van der Waals surface area (Å²) < 4.78 is 7.00. The number of hydrogen-bond donors (Lipinski definition) is 1. The Hall–Kier alpha value is -3.08. The number of carbonyl (C=O) groups excluding carboxylic acids is 1. The summed E-state index contributed by atoms with van der Waals surface area (Å²) in [5, 5.41) is 7.16. The first-order chi connectivity index (χ1) is 11.7. The lowest BCUT2D eigenvalue weighted by Gasteiger charge is -2.05. The number of aromatic nitrogens is 2. The third-order valence-corrected chi connectivity index (χ3v) is 3.60. The second-order valence-electron chi connectivity index (χ2n) is 5.49. The number of carbonyl (C=O) groups is 1. The Bertz CT molecular complexity index is 812. The van der Waals surface area contributed by atoms with Crippen LogP contribution in [0.1, 0.15) is 11.1 Å². The van der Waals surface area contributed by atoms with Gasteiger partial charge in [0.2, 0.25) is 5.91 Å². The van der Waals surface area contributed by atoms with E-state index in [0.29, 0.717) is 18.7 Å². The van der Waals surface area contributed by atoms with Gasteiger partial charge in [-0.1, -0.05) is 42.5 Å². The molecule has 0 unspecified atom stereocenters. The molecule has 0 aliphatic carbocycles. The fraction of sp³-hybridized carbons (Fsp3) is 0.158. The maximum absolute atomic E-state index is 12.1. The van der Waals surface area contributed by atoms with E-state index in [-0.39, 0.29) is 5.91 Å². The van der Waals surface area contributed by atoms with Crippen LogP contribution in [-0.2, 0) is 17.8 Å². The Morgan fingerprint density at radius 2 is 1.92 bits per heavy atom. The van der Waals surface area contributed by atoms with Crippen LogP contribution in [-0.4, -0.2) is 22.8 Å². The van der Waals surface area contributed by atoms with Crippen molar-refractivity contribution in [1.29, 1.82) is 0 Å². The van der Waals surface area contributed by atoms with Gasteiger partial charge in [0.05, 0.1) is 32.0 Å². The molecule has 0 aliphatic rings. The van der Waals surface area contributed by atoms with Gasteiger partial charge < -0.3 is 10.1 Å². The molecule has 0 saturated carbocycles. The van der Waals surface area contributed by atoms with Crippen LogP contribution < -0.4 is 10.1 Å². The molecule has 1 heterocycles. The molecule has 2 aromatic carbocycles. The number of methoxy groups -OCH3 is 1. The molecular formula is C19H19N3O2. The molecule has 0 spiro atoms. The van der Waals surface area contributed by atoms with E-state index in [2.05, 4.69) is 10.4 Å². The van der Waals surface area contributed by atoms with Gasteiger partial charge in [0.1, 0.15) is 5.75 Å². The van der Waals surface area contributed by atoms with E-state index < -0.39 is 0 Å². The summed E-state index contributed by atoms with van der Waals surface area (Å²) in [5.41, 5.74) is 2.76. The maximum atomic E-state index is 12.1. The average Bonchev–Trinajstić information content (AvgIpc) is 3.02. The monoisotopic (exact) mass is 321 g/mol. The Kier molecular flexibility index (Phi) is 4.91. The van der Waals surface area contributed by atoms with Crippen molar-refractivity contribution in [2.45, 2.75) is 13.0 Å². The molecule has 0 fully saturated rings. The third kappa shape index (κ3) is 4.23. The quantitative estimate of drug-likeness (QED) is 0.759. The highest BCUT2D eigenvalue weighted by Gasteiger charge is 2.06. The number of rotatable bonds is 6. The molecular weight excluding hydrogens is 302 g/mol. The molecule has 0 bridgehead atoms. The van der Waals surface area contributed by atoms with Crippen LogP contribution >= 0.6 is 0 Å². The summed E-state index contributed by atoms with van der Waals surface area (Å²) in [6.45, 7) is 0.617. The minimum Gasteiger partial charge on any atom is -0.497 e. The number of amides is 1. The molecule has 1 N–H and O–H groups in total. The predicted octanol–water partition coefficient (Wildman–Crippen LogP) is 3.12. The van der Waals surface area contributed by atoms with E-state index >= 15 is 0 Å². The topological polar surface area (TPSA) is 56.1 Å². The zero-order chi connectivity index (χ0) is 16.8. The Morgan fingerprint density at radius 1 is 1.12 bits per heavy atom. The van der Waals surface area contributed by atoms with Crippen molar-refractivity contribution < 1.29 is 9.53 Å². The molecule has 0 atom stereocenters. The van der Waals surface area contributed by atoms with Crippen molar-refractivity contribution in [3.63, 3.8) is 0 Å². The molecule has 5 heteroatoms. The summed E-state index contributed by atoms with van der Waals surface area (Å²) in [4.78, 5) is 12.1. The number of nitrogens with zero attached hydrogens (tertiary/aromatic N) is 2. The summed E-state index contributed by atoms with van der Waals surface area (Å²) in [7, 11) is 1.65. The molecule has 1 aromatic heterocycles. The van der Waals surface area contributed by atoms with Gasteiger partial charge in [0.25, 0.3) is 0 Å². The van der Waals surface area contributed by atoms with Crippen LogP contribution in [0.2, 0.25) is 0 Å². The van der Waals surface area contributed by atoms with E-state index in [0.717, 1.165) is 16.9 Å². The number of ether oxygens (including phenoxy) is 1. The normalized spacial score (nSPS) is 10.4. The number of nitrogens with one attached hydrogen (secondary N) is 1. The minimum absolute atomic E-state index is 0.0536. The van der Waals surface area contributed by atoms with E-state index in [1.165, 1.54) is 0 Å². The fourth-order valence-electron chi connectivity index (χ4n) is 2.46. The second kappa shape index (κ2) is 7.46. The largest absolute Gasteiger partial charge is 0.497 e. The smallest absolute Gasteiger partial charge is 0.228 e. The third-order valence-electron chi connectivity index (χ3n) is 3.60. The van der Waals surface area contributed by atoms with Crippen molar-refractivity contribution in [2.24, 2.45) is 0 Å². The van der Waals surface area contributed by atoms with Crippen LogP contribution in [0.25, 0.3) is 0 Å². The molecule has 1 amide bonds. The van der Waals surface area contributed by atoms with Crippen molar-refractivity contribution in [1.82, 2.24) is 9.78 Å². The number of hydrogen-bond acceptors (Lipinski definition) is 3. The molecule has 5 nitrogen and oxygen atoms in total. The lowest BCUT2D eigenvalue weighted by atomic mass is 10.1. The van der Waals surface area contributed by atoms with Crippen molar-refractivity contribution >= 4 is 11.6 Å². The zero-order valence-electron chi connectivity index (χ0n) is 13.5. The van der Waals surface area contributed by atoms with E-state index in [9.17, 15) is 4.79 Å². The minimum atomic E-state index is -0.0536. The van der Waals surface area contributed by atoms with Gasteiger partial charge >= 0.3 is 0 Å². The van der Waals surface area contributed by atoms with E-state index in [4.69, 9.17) is 4.74 Å². The Morgan fingerprint density at radius 3 is 2.71 bits per heavy atom. The van der Waals surface area contributed by atoms with Gasteiger partial charge in [0.15, 0.2) is 0 Å². The molecule has 0 saturated heterocycles. The first-order valence-corrected chi connectivity index (χ1v) is 7.72. The van der Waals surface area contributed by atoms with Crippen LogP contribution in [0.3, 0.4) is 0 Å². The van der Waals surface area contributed by atoms with Crippen LogP contribution in [0.15, 0.2) is 67.0 Å². The maximum Gasteiger partial charge on any atom is 0.228 e. The van der Waals surface area contributed by atoms with Crippen LogP contribution in [0.5, 0.6) is 5.75 Å². The van der Waals surface area contributed by atoms with Crippen molar-refractivity contribution in [2.75, 3.05) is 12.4 Å². The van der Waals surface area contributed by atoms with Gasteiger partial charge in [0, 0.05) is 6.20 Å². The van der Waals surface area contributed by atoms with Gasteiger partial charge in [-0.15, -0.1) is 0 Å². The summed E-state index contributed by atoms with van der Waals surface area (Å²) in [6, 6.07) is 17.5. The van der Waals surface area contributed by atoms with E-state index in [1.807, 2.05) is 60.8 Å². The van der Waals surface area contributed by atoms with E-state index in [1.54, 1.807) is 18.0 Å². The summed E-state index contributed by atoms with van der Waals surface area (Å²) >= 11 is 0. The highest BCUT2D eigenvalue weighted by atomic mass is 16.5. The van der Waals surface area contributed by atoms with Crippen LogP contribution in [0, 0.1) is 0 Å². The van der Waals surface area contributed by atoms with Gasteiger partial charge in [-0.2, -0.15) is 5.10 Å². The fourth-order valence-corrected chi connectivity index (χ4v) is 2.46. The highest BCUT2D eigenvalue weighted by molar-refractivity contribution is 5.91. The Labute approximate surface area is 140 Å². The molecule has 122 valence electrons. The lowest BCUT2D eigenvalue weighted by Crippen LogP contribution is -2.13. The van der Waals surface area contributed by atoms with Crippen LogP contribution in [0.4, 0.5) is 5.69 Å². The zero-order valence-corrected chi connectivity index (χ0v) is 13.5. The molecule has 3 aromatic rings. The first kappa shape index (κ1) is 15.8. The first-order valence-electron chi connectivity index (χ1n) is 7.72. The predicted molar refractivity (Wildman–Crippen MR) is 93.1 cm³/mol. The summed E-state index contributed by atoms with van der Waals surface area (Å²) in [6.07, 6.45) is 3.83.